The lowest BCUT2D eigenvalue weighted by Crippen LogP contribution is -2.01. The summed E-state index contributed by atoms with van der Waals surface area (Å²) in [6.07, 6.45) is 0. The van der Waals surface area contributed by atoms with E-state index in [1.807, 2.05) is 0 Å². The van der Waals surface area contributed by atoms with Crippen LogP contribution in [0.1, 0.15) is 0 Å². The van der Waals surface area contributed by atoms with E-state index >= 15 is 0 Å². The topological polar surface area (TPSA) is 57.5 Å². The minimum Gasteiger partial charge on any atom is -0.507 e. The quantitative estimate of drug-likeness (QED) is 0.613. The van der Waals surface area contributed by atoms with E-state index in [0.29, 0.717) is 19.4 Å². The lowest BCUT2D eigenvalue weighted by molar-refractivity contribution is 0.480. The Bertz CT molecular complexity index is 818. The molecule has 1 heterocycles. The van der Waals surface area contributed by atoms with Gasteiger partial charge in [-0.2, -0.15) is 0 Å². The Kier molecular flexibility index (Phi) is 2.82. The number of hydrogen-bond donors (Lipinski definition) is 2. The molecular weight excluding hydrogens is 307 g/mol. The van der Waals surface area contributed by atoms with Crippen molar-refractivity contribution in [3.63, 3.8) is 0 Å². The van der Waals surface area contributed by atoms with Crippen LogP contribution < -0.4 is 5.43 Å². The van der Waals surface area contributed by atoms with Crippen molar-refractivity contribution in [2.45, 2.75) is 0 Å². The van der Waals surface area contributed by atoms with Gasteiger partial charge in [0.05, 0.1) is 10.8 Å². The lowest BCUT2D eigenvalue weighted by atomic mass is 10.1. The zero-order valence-electron chi connectivity index (χ0n) is 9.28. The van der Waals surface area contributed by atoms with Gasteiger partial charge in [0.15, 0.2) is 0 Å². The summed E-state index contributed by atoms with van der Waals surface area (Å²) in [5.74, 6) is -0.389. The van der Waals surface area contributed by atoms with Crippen molar-refractivity contribution >= 4 is 54.7 Å². The van der Waals surface area contributed by atoms with E-state index in [1.165, 1.54) is 23.5 Å². The van der Waals surface area contributed by atoms with Gasteiger partial charge in [-0.05, 0) is 24.3 Å². The van der Waals surface area contributed by atoms with E-state index in [1.54, 1.807) is 12.1 Å². The highest BCUT2D eigenvalue weighted by atomic mass is 35.5. The third-order valence-corrected chi connectivity index (χ3v) is 4.29. The Morgan fingerprint density at radius 1 is 0.842 bits per heavy atom. The highest BCUT2D eigenvalue weighted by molar-refractivity contribution is 7.24. The maximum Gasteiger partial charge on any atom is 0.203 e. The van der Waals surface area contributed by atoms with Crippen LogP contribution in [0.4, 0.5) is 0 Å². The fourth-order valence-corrected chi connectivity index (χ4v) is 3.76. The molecule has 1 aromatic heterocycles. The van der Waals surface area contributed by atoms with Gasteiger partial charge < -0.3 is 10.2 Å². The minimum atomic E-state index is -0.438. The second-order valence-electron chi connectivity index (χ2n) is 4.03. The van der Waals surface area contributed by atoms with Crippen LogP contribution in [0, 0.1) is 0 Å². The maximum atomic E-state index is 12.4. The standard InChI is InChI=1S/C13H6Cl2O3S/c14-5-1-7(16)11-9(3-5)19-10-4-6(15)2-8(17)12(10)13(11)18/h1-4,16-17H. The Labute approximate surface area is 121 Å². The molecule has 0 saturated heterocycles. The predicted octanol–water partition coefficient (Wildman–Crippen LogP) is 4.13. The predicted molar refractivity (Wildman–Crippen MR) is 79.0 cm³/mol. The molecule has 3 nitrogen and oxygen atoms in total. The normalized spacial score (nSPS) is 11.3. The largest absolute Gasteiger partial charge is 0.507 e. The molecule has 0 fully saturated rings. The van der Waals surface area contributed by atoms with Gasteiger partial charge >= 0.3 is 0 Å². The maximum absolute atomic E-state index is 12.4. The van der Waals surface area contributed by atoms with Gasteiger partial charge in [0.25, 0.3) is 0 Å². The van der Waals surface area contributed by atoms with E-state index in [2.05, 4.69) is 0 Å². The molecule has 0 bridgehead atoms. The van der Waals surface area contributed by atoms with Gasteiger partial charge in [-0.15, -0.1) is 11.3 Å². The van der Waals surface area contributed by atoms with Crippen molar-refractivity contribution in [3.05, 3.63) is 44.5 Å². The van der Waals surface area contributed by atoms with Gasteiger partial charge in [0.2, 0.25) is 5.43 Å². The summed E-state index contributed by atoms with van der Waals surface area (Å²) in [7, 11) is 0. The molecule has 0 spiro atoms. The van der Waals surface area contributed by atoms with Crippen molar-refractivity contribution in [2.24, 2.45) is 0 Å². The molecule has 0 aliphatic rings. The monoisotopic (exact) mass is 312 g/mol. The Morgan fingerprint density at radius 2 is 1.26 bits per heavy atom. The molecule has 0 atom stereocenters. The molecule has 2 N–H and O–H groups in total. The second-order valence-corrected chi connectivity index (χ2v) is 5.98. The molecule has 0 saturated carbocycles. The van der Waals surface area contributed by atoms with Crippen molar-refractivity contribution in [1.82, 2.24) is 0 Å². The summed E-state index contributed by atoms with van der Waals surface area (Å²) in [5.41, 5.74) is -0.438. The van der Waals surface area contributed by atoms with Crippen LogP contribution in [-0.4, -0.2) is 10.2 Å². The fourth-order valence-electron chi connectivity index (χ4n) is 2.00. The molecule has 0 radical (unpaired) electrons. The van der Waals surface area contributed by atoms with Gasteiger partial charge in [0, 0.05) is 19.4 Å². The van der Waals surface area contributed by atoms with Gasteiger partial charge in [-0.3, -0.25) is 4.79 Å². The van der Waals surface area contributed by atoms with Gasteiger partial charge in [-0.1, -0.05) is 23.2 Å². The van der Waals surface area contributed by atoms with Crippen molar-refractivity contribution in [3.8, 4) is 11.5 Å². The summed E-state index contributed by atoms with van der Waals surface area (Å²) in [5, 5.41) is 20.7. The van der Waals surface area contributed by atoms with Crippen LogP contribution in [0.5, 0.6) is 11.5 Å². The highest BCUT2D eigenvalue weighted by Gasteiger charge is 2.14. The van der Waals surface area contributed by atoms with E-state index in [9.17, 15) is 15.0 Å². The fraction of sp³-hybridized carbons (Fsp3) is 0. The highest BCUT2D eigenvalue weighted by Crippen LogP contribution is 2.36. The summed E-state index contributed by atoms with van der Waals surface area (Å²) in [6, 6.07) is 5.80. The van der Waals surface area contributed by atoms with E-state index < -0.39 is 5.43 Å². The first-order chi connectivity index (χ1) is 8.97. The van der Waals surface area contributed by atoms with E-state index in [0.717, 1.165) is 0 Å². The minimum absolute atomic E-state index is 0.152. The summed E-state index contributed by atoms with van der Waals surface area (Å²) in [4.78, 5) is 12.4. The Hall–Kier alpha value is -1.49. The number of halogens is 2. The van der Waals surface area contributed by atoms with Crippen LogP contribution in [-0.2, 0) is 0 Å². The molecule has 0 aliphatic heterocycles. The third kappa shape index (κ3) is 1.92. The first-order valence-corrected chi connectivity index (χ1v) is 6.82. The number of benzene rings is 2. The van der Waals surface area contributed by atoms with Gasteiger partial charge in [0.1, 0.15) is 11.5 Å². The molecule has 3 aromatic rings. The number of phenols is 2. The number of rotatable bonds is 0. The first kappa shape index (κ1) is 12.5. The average Bonchev–Trinajstić information content (AvgIpc) is 2.25. The van der Waals surface area contributed by atoms with Crippen LogP contribution in [0.2, 0.25) is 10.0 Å². The Balaban J connectivity index is 2.64. The average molecular weight is 313 g/mol. The molecular formula is C13H6Cl2O3S. The molecule has 0 unspecified atom stereocenters. The number of hydrogen-bond acceptors (Lipinski definition) is 4. The molecule has 2 aromatic carbocycles. The van der Waals surface area contributed by atoms with Crippen molar-refractivity contribution in [1.29, 1.82) is 0 Å². The van der Waals surface area contributed by atoms with Gasteiger partial charge in [-0.25, -0.2) is 0 Å². The summed E-state index contributed by atoms with van der Waals surface area (Å²) in [6.45, 7) is 0. The number of aromatic hydroxyl groups is 2. The molecule has 0 aliphatic carbocycles. The molecule has 19 heavy (non-hydrogen) atoms. The van der Waals surface area contributed by atoms with E-state index in [4.69, 9.17) is 23.2 Å². The summed E-state index contributed by atoms with van der Waals surface area (Å²) < 4.78 is 1.09. The summed E-state index contributed by atoms with van der Waals surface area (Å²) >= 11 is 13.0. The molecule has 3 rings (SSSR count). The van der Waals surface area contributed by atoms with Crippen molar-refractivity contribution < 1.29 is 10.2 Å². The Morgan fingerprint density at radius 3 is 1.68 bits per heavy atom. The third-order valence-electron chi connectivity index (χ3n) is 2.77. The molecule has 96 valence electrons. The lowest BCUT2D eigenvalue weighted by Gasteiger charge is -2.05. The number of phenolic OH excluding ortho intramolecular Hbond substituents is 2. The molecule has 6 heteroatoms. The SMILES string of the molecule is O=c1c2c(O)cc(Cl)cc2sc2cc(Cl)cc(O)c12. The van der Waals surface area contributed by atoms with Crippen LogP contribution >= 0.6 is 34.5 Å². The smallest absolute Gasteiger partial charge is 0.203 e. The number of fused-ring (bicyclic) bond motifs is 2. The second kappa shape index (κ2) is 4.27. The van der Waals surface area contributed by atoms with Crippen LogP contribution in [0.15, 0.2) is 29.1 Å². The van der Waals surface area contributed by atoms with Crippen molar-refractivity contribution in [2.75, 3.05) is 0 Å². The van der Waals surface area contributed by atoms with Crippen LogP contribution in [0.25, 0.3) is 20.2 Å². The van der Waals surface area contributed by atoms with Crippen LogP contribution in [0.3, 0.4) is 0 Å². The van der Waals surface area contributed by atoms with E-state index in [-0.39, 0.29) is 22.3 Å². The molecule has 0 amide bonds. The zero-order chi connectivity index (χ0) is 13.7. The first-order valence-electron chi connectivity index (χ1n) is 5.25. The zero-order valence-corrected chi connectivity index (χ0v) is 11.6.